The maximum Gasteiger partial charge on any atom is 0.218 e. The Morgan fingerprint density at radius 3 is 2.92 bits per heavy atom. The Morgan fingerprint density at radius 2 is 2.24 bits per heavy atom. The summed E-state index contributed by atoms with van der Waals surface area (Å²) in [4.78, 5) is 12.7. The molecule has 136 valence electrons. The average Bonchev–Trinajstić information content (AvgIpc) is 2.95. The lowest BCUT2D eigenvalue weighted by Crippen LogP contribution is -2.48. The van der Waals surface area contributed by atoms with E-state index in [2.05, 4.69) is 33.3 Å². The molecule has 0 amide bonds. The number of rotatable bonds is 5. The molecule has 0 bridgehead atoms. The molecule has 1 saturated carbocycles. The molecule has 0 radical (unpaired) electrons. The van der Waals surface area contributed by atoms with Gasteiger partial charge in [0.25, 0.3) is 0 Å². The third kappa shape index (κ3) is 4.57. The molecule has 0 saturated heterocycles. The minimum Gasteiger partial charge on any atom is -0.391 e. The highest BCUT2D eigenvalue weighted by Crippen LogP contribution is 2.30. The molecule has 1 aliphatic carbocycles. The topological polar surface area (TPSA) is 95.4 Å². The Hall–Kier alpha value is -1.50. The first kappa shape index (κ1) is 18.3. The molecule has 25 heavy (non-hydrogen) atoms. The quantitative estimate of drug-likeness (QED) is 0.653. The Balaban J connectivity index is 1.70. The van der Waals surface area contributed by atoms with Crippen LogP contribution in [0.5, 0.6) is 0 Å². The predicted octanol–water partition coefficient (Wildman–Crippen LogP) is 2.19. The molecular weight excluding hydrogens is 338 g/mol. The number of aliphatic hydroxyl groups is 1. The molecule has 0 aromatic heterocycles. The van der Waals surface area contributed by atoms with Gasteiger partial charge in [0, 0.05) is 24.4 Å². The second-order valence-electron chi connectivity index (χ2n) is 6.95. The molecule has 4 N–H and O–H groups in total. The van der Waals surface area contributed by atoms with Crippen molar-refractivity contribution >= 4 is 28.9 Å². The highest BCUT2D eigenvalue weighted by Gasteiger charge is 2.36. The summed E-state index contributed by atoms with van der Waals surface area (Å²) in [7, 11) is 0. The van der Waals surface area contributed by atoms with E-state index in [1.54, 1.807) is 6.20 Å². The highest BCUT2D eigenvalue weighted by atomic mass is 35.5. The summed E-state index contributed by atoms with van der Waals surface area (Å²) in [5.74, 6) is 0.774. The summed E-state index contributed by atoms with van der Waals surface area (Å²) in [6.07, 6.45) is 13.0. The van der Waals surface area contributed by atoms with Gasteiger partial charge in [0.05, 0.1) is 12.0 Å². The summed E-state index contributed by atoms with van der Waals surface area (Å²) >= 11 is 6.36. The van der Waals surface area contributed by atoms with E-state index in [9.17, 15) is 5.11 Å². The minimum absolute atomic E-state index is 0.00384. The normalized spacial score (nSPS) is 38.2. The van der Waals surface area contributed by atoms with Gasteiger partial charge in [-0.25, -0.2) is 9.98 Å². The molecule has 0 aromatic rings. The van der Waals surface area contributed by atoms with E-state index in [0.29, 0.717) is 11.1 Å². The summed E-state index contributed by atoms with van der Waals surface area (Å²) in [6, 6.07) is 0.00384. The first-order chi connectivity index (χ1) is 12.1. The maximum absolute atomic E-state index is 10.3. The van der Waals surface area contributed by atoms with Crippen LogP contribution in [0, 0.1) is 17.8 Å². The number of nitrogens with one attached hydrogen (secondary N) is 1. The molecule has 7 heteroatoms. The number of guanidine groups is 1. The summed E-state index contributed by atoms with van der Waals surface area (Å²) < 4.78 is 0. The molecule has 1 fully saturated rings. The zero-order valence-electron chi connectivity index (χ0n) is 14.4. The predicted molar refractivity (Wildman–Crippen MR) is 103 cm³/mol. The lowest BCUT2D eigenvalue weighted by atomic mass is 9.99. The largest absolute Gasteiger partial charge is 0.391 e. The zero-order chi connectivity index (χ0) is 17.8. The van der Waals surface area contributed by atoms with Crippen LogP contribution in [-0.4, -0.2) is 40.8 Å². The smallest absolute Gasteiger partial charge is 0.218 e. The van der Waals surface area contributed by atoms with Crippen molar-refractivity contribution in [1.82, 2.24) is 5.32 Å². The highest BCUT2D eigenvalue weighted by molar-refractivity contribution is 6.67. The van der Waals surface area contributed by atoms with Gasteiger partial charge in [-0.1, -0.05) is 43.2 Å². The Kier molecular flexibility index (Phi) is 6.04. The van der Waals surface area contributed by atoms with Crippen LogP contribution >= 0.6 is 11.6 Å². The summed E-state index contributed by atoms with van der Waals surface area (Å²) in [5, 5.41) is 14.2. The van der Waals surface area contributed by atoms with Gasteiger partial charge in [0.1, 0.15) is 11.3 Å². The second-order valence-corrected chi connectivity index (χ2v) is 7.33. The fraction of sp³-hybridized carbons (Fsp3) is 0.611. The lowest BCUT2D eigenvalue weighted by Gasteiger charge is -2.29. The van der Waals surface area contributed by atoms with Crippen LogP contribution in [0.3, 0.4) is 0 Å². The van der Waals surface area contributed by atoms with E-state index >= 15 is 0 Å². The van der Waals surface area contributed by atoms with Gasteiger partial charge in [0.2, 0.25) is 5.96 Å². The fourth-order valence-electron chi connectivity index (χ4n) is 3.63. The van der Waals surface area contributed by atoms with Gasteiger partial charge >= 0.3 is 0 Å². The Morgan fingerprint density at radius 1 is 1.40 bits per heavy atom. The van der Waals surface area contributed by atoms with Crippen molar-refractivity contribution in [3.05, 3.63) is 24.4 Å². The van der Waals surface area contributed by atoms with Crippen LogP contribution in [-0.2, 0) is 0 Å². The molecule has 0 spiro atoms. The van der Waals surface area contributed by atoms with Crippen molar-refractivity contribution < 1.29 is 5.11 Å². The van der Waals surface area contributed by atoms with E-state index in [4.69, 9.17) is 17.3 Å². The molecule has 3 rings (SSSR count). The molecule has 3 aliphatic rings. The van der Waals surface area contributed by atoms with Crippen molar-refractivity contribution in [2.75, 3.05) is 0 Å². The Labute approximate surface area is 153 Å². The van der Waals surface area contributed by atoms with Gasteiger partial charge in [-0.05, 0) is 25.2 Å². The molecule has 2 heterocycles. The van der Waals surface area contributed by atoms with E-state index in [1.807, 2.05) is 18.4 Å². The van der Waals surface area contributed by atoms with Crippen molar-refractivity contribution in [1.29, 1.82) is 0 Å². The molecular formula is C18H26ClN5O. The van der Waals surface area contributed by atoms with Crippen molar-refractivity contribution in [3.8, 4) is 0 Å². The number of nitrogens with two attached hydrogens (primary N) is 1. The molecule has 0 aromatic carbocycles. The van der Waals surface area contributed by atoms with Crippen molar-refractivity contribution in [2.24, 2.45) is 38.5 Å². The van der Waals surface area contributed by atoms with Gasteiger partial charge in [0.15, 0.2) is 0 Å². The van der Waals surface area contributed by atoms with Crippen molar-refractivity contribution in [3.63, 3.8) is 0 Å². The maximum atomic E-state index is 10.3. The van der Waals surface area contributed by atoms with Crippen LogP contribution in [0.1, 0.15) is 32.6 Å². The van der Waals surface area contributed by atoms with Crippen LogP contribution in [0.15, 0.2) is 39.4 Å². The van der Waals surface area contributed by atoms with Gasteiger partial charge < -0.3 is 10.8 Å². The number of aliphatic hydroxyl groups excluding tert-OH is 1. The number of halogens is 1. The lowest BCUT2D eigenvalue weighted by molar-refractivity contribution is 0.139. The van der Waals surface area contributed by atoms with Gasteiger partial charge in [-0.15, -0.1) is 0 Å². The van der Waals surface area contributed by atoms with Crippen LogP contribution < -0.4 is 11.1 Å². The van der Waals surface area contributed by atoms with Gasteiger partial charge in [-0.2, -0.15) is 0 Å². The van der Waals surface area contributed by atoms with E-state index in [0.717, 1.165) is 25.7 Å². The summed E-state index contributed by atoms with van der Waals surface area (Å²) in [6.45, 7) is 2.16. The molecule has 6 atom stereocenters. The SMILES string of the molecule is CC[C@@H]1C[C@@H](O)[C@H](NC2N=C(N)N=C(Cl)C2/C=C/C2C=NC=CC2)C1. The number of allylic oxidation sites excluding steroid dienone is 2. The minimum atomic E-state index is -0.362. The third-order valence-electron chi connectivity index (χ3n) is 5.14. The summed E-state index contributed by atoms with van der Waals surface area (Å²) in [5.41, 5.74) is 5.80. The zero-order valence-corrected chi connectivity index (χ0v) is 15.2. The second kappa shape index (κ2) is 8.25. The monoisotopic (exact) mass is 363 g/mol. The molecule has 3 unspecified atom stereocenters. The third-order valence-corrected chi connectivity index (χ3v) is 5.48. The first-order valence-electron chi connectivity index (χ1n) is 8.95. The molecule has 6 nitrogen and oxygen atoms in total. The van der Waals surface area contributed by atoms with E-state index in [-0.39, 0.29) is 36.1 Å². The van der Waals surface area contributed by atoms with Gasteiger partial charge in [-0.3, -0.25) is 10.3 Å². The molecule has 2 aliphatic heterocycles. The number of hydrogen-bond donors (Lipinski definition) is 3. The fourth-order valence-corrected chi connectivity index (χ4v) is 3.91. The average molecular weight is 364 g/mol. The standard InChI is InChI=1S/C18H26ClN5O/c1-2-11-8-14(15(25)9-11)22-17-13(16(19)23-18(20)24-17)6-5-12-4-3-7-21-10-12/h3,5-7,10-15,17,22,25H,2,4,8-9H2,1H3,(H2,20,24)/b6-5+/t11-,12?,13?,14+,15+,17?/m0/s1. The first-order valence-corrected chi connectivity index (χ1v) is 9.32. The van der Waals surface area contributed by atoms with Crippen molar-refractivity contribution in [2.45, 2.75) is 50.9 Å². The Bertz CT molecular complexity index is 627. The number of nitrogens with zero attached hydrogens (tertiary/aromatic N) is 3. The van der Waals surface area contributed by atoms with Crippen LogP contribution in [0.25, 0.3) is 0 Å². The van der Waals surface area contributed by atoms with Crippen LogP contribution in [0.2, 0.25) is 0 Å². The number of aliphatic imine (C=N–C) groups is 3. The number of hydrogen-bond acceptors (Lipinski definition) is 6. The van der Waals surface area contributed by atoms with E-state index < -0.39 is 0 Å². The van der Waals surface area contributed by atoms with E-state index in [1.165, 1.54) is 0 Å². The van der Waals surface area contributed by atoms with Crippen LogP contribution in [0.4, 0.5) is 0 Å².